The Morgan fingerprint density at radius 3 is 2.55 bits per heavy atom. The summed E-state index contributed by atoms with van der Waals surface area (Å²) in [6.45, 7) is 6.81. The molecule has 0 saturated carbocycles. The van der Waals surface area contributed by atoms with E-state index in [0.29, 0.717) is 6.04 Å². The molecule has 1 aromatic heterocycles. The lowest BCUT2D eigenvalue weighted by atomic mass is 10.0. The molecule has 0 radical (unpaired) electrons. The number of benzene rings is 1. The van der Waals surface area contributed by atoms with Crippen molar-refractivity contribution in [3.63, 3.8) is 0 Å². The van der Waals surface area contributed by atoms with Gasteiger partial charge in [0.05, 0.1) is 0 Å². The fourth-order valence-electron chi connectivity index (χ4n) is 3.04. The van der Waals surface area contributed by atoms with Gasteiger partial charge in [0.1, 0.15) is 0 Å². The lowest BCUT2D eigenvalue weighted by molar-refractivity contribution is 0.170. The summed E-state index contributed by atoms with van der Waals surface area (Å²) in [6.07, 6.45) is 3.36. The number of aromatic nitrogens is 1. The van der Waals surface area contributed by atoms with E-state index in [0.717, 1.165) is 26.2 Å². The Labute approximate surface area is 132 Å². The molecule has 1 aliphatic heterocycles. The van der Waals surface area contributed by atoms with Crippen LogP contribution in [0.3, 0.4) is 0 Å². The molecule has 3 nitrogen and oxygen atoms in total. The van der Waals surface area contributed by atoms with Gasteiger partial charge in [-0.05, 0) is 18.1 Å². The van der Waals surface area contributed by atoms with Crippen molar-refractivity contribution in [2.75, 3.05) is 26.2 Å². The number of H-pyrrole nitrogens is 1. The number of rotatable bonds is 3. The summed E-state index contributed by atoms with van der Waals surface area (Å²) in [5.41, 5.74) is 2.70. The molecule has 1 aliphatic rings. The van der Waals surface area contributed by atoms with Crippen LogP contribution in [-0.2, 0) is 0 Å². The third kappa shape index (κ3) is 3.29. The predicted molar refractivity (Wildman–Crippen MR) is 90.3 cm³/mol. The van der Waals surface area contributed by atoms with E-state index in [1.807, 2.05) is 0 Å². The van der Waals surface area contributed by atoms with Gasteiger partial charge >= 0.3 is 0 Å². The topological polar surface area (TPSA) is 31.1 Å². The van der Waals surface area contributed by atoms with E-state index < -0.39 is 0 Å². The van der Waals surface area contributed by atoms with Gasteiger partial charge in [-0.15, -0.1) is 24.8 Å². The summed E-state index contributed by atoms with van der Waals surface area (Å²) >= 11 is 0. The third-order valence-electron chi connectivity index (χ3n) is 3.96. The molecule has 2 aromatic rings. The van der Waals surface area contributed by atoms with Crippen molar-refractivity contribution in [1.82, 2.24) is 15.2 Å². The summed E-state index contributed by atoms with van der Waals surface area (Å²) in [6, 6.07) is 9.15. The maximum absolute atomic E-state index is 3.43. The van der Waals surface area contributed by atoms with Gasteiger partial charge in [-0.25, -0.2) is 0 Å². The minimum absolute atomic E-state index is 0. The Kier molecular flexibility index (Phi) is 6.83. The van der Waals surface area contributed by atoms with E-state index in [-0.39, 0.29) is 24.8 Å². The van der Waals surface area contributed by atoms with Crippen LogP contribution in [0.5, 0.6) is 0 Å². The number of aromatic amines is 1. The molecule has 0 aliphatic carbocycles. The normalized spacial score (nSPS) is 17.2. The fourth-order valence-corrected chi connectivity index (χ4v) is 3.04. The maximum Gasteiger partial charge on any atom is 0.0457 e. The van der Waals surface area contributed by atoms with Crippen molar-refractivity contribution in [2.45, 2.75) is 19.4 Å². The summed E-state index contributed by atoms with van der Waals surface area (Å²) in [5.74, 6) is 0. The van der Waals surface area contributed by atoms with Gasteiger partial charge < -0.3 is 10.3 Å². The SMILES string of the molecule is CC[C@H](c1c[nH]c2ccccc12)N1CCNCC1.Cl.Cl. The number of hydrogen-bond acceptors (Lipinski definition) is 2. The highest BCUT2D eigenvalue weighted by Gasteiger charge is 2.22. The van der Waals surface area contributed by atoms with Crippen LogP contribution >= 0.6 is 24.8 Å². The van der Waals surface area contributed by atoms with Crippen LogP contribution in [0.25, 0.3) is 10.9 Å². The molecule has 0 spiro atoms. The standard InChI is InChI=1S/C15H21N3.2ClH/c1-2-15(18-9-7-16-8-10-18)13-11-17-14-6-4-3-5-12(13)14;;/h3-6,11,15-17H,2,7-10H2,1H3;2*1H/t15-;;/m1../s1. The van der Waals surface area contributed by atoms with Gasteiger partial charge in [-0.2, -0.15) is 0 Å². The molecule has 0 unspecified atom stereocenters. The van der Waals surface area contributed by atoms with Crippen molar-refractivity contribution < 1.29 is 0 Å². The molecule has 2 N–H and O–H groups in total. The van der Waals surface area contributed by atoms with Crippen molar-refractivity contribution in [2.24, 2.45) is 0 Å². The average molecular weight is 316 g/mol. The highest BCUT2D eigenvalue weighted by atomic mass is 35.5. The Hall–Kier alpha value is -0.740. The minimum atomic E-state index is 0. The quantitative estimate of drug-likeness (QED) is 0.910. The summed E-state index contributed by atoms with van der Waals surface area (Å²) in [7, 11) is 0. The molecule has 2 heterocycles. The Morgan fingerprint density at radius 2 is 1.85 bits per heavy atom. The smallest absolute Gasteiger partial charge is 0.0457 e. The first-order valence-electron chi connectivity index (χ1n) is 6.91. The maximum atomic E-state index is 3.43. The molecule has 1 fully saturated rings. The first-order valence-corrected chi connectivity index (χ1v) is 6.91. The predicted octanol–water partition coefficient (Wildman–Crippen LogP) is 3.37. The molecule has 1 atom stereocenters. The first-order chi connectivity index (χ1) is 8.90. The van der Waals surface area contributed by atoms with Gasteiger partial charge in [-0.1, -0.05) is 25.1 Å². The number of piperazine rings is 1. The van der Waals surface area contributed by atoms with E-state index in [2.05, 4.69) is 52.6 Å². The van der Waals surface area contributed by atoms with Crippen LogP contribution in [0.2, 0.25) is 0 Å². The number of fused-ring (bicyclic) bond motifs is 1. The summed E-state index contributed by atoms with van der Waals surface area (Å²) in [4.78, 5) is 6.00. The van der Waals surface area contributed by atoms with Crippen LogP contribution in [0.4, 0.5) is 0 Å². The highest BCUT2D eigenvalue weighted by Crippen LogP contribution is 2.30. The largest absolute Gasteiger partial charge is 0.361 e. The Bertz CT molecular complexity index is 521. The van der Waals surface area contributed by atoms with Crippen LogP contribution in [0, 0.1) is 0 Å². The molecule has 0 bridgehead atoms. The Morgan fingerprint density at radius 1 is 1.15 bits per heavy atom. The summed E-state index contributed by atoms with van der Waals surface area (Å²) in [5, 5.41) is 4.80. The number of nitrogens with zero attached hydrogens (tertiary/aromatic N) is 1. The van der Waals surface area contributed by atoms with E-state index in [1.165, 1.54) is 22.9 Å². The van der Waals surface area contributed by atoms with Gasteiger partial charge in [0.25, 0.3) is 0 Å². The zero-order chi connectivity index (χ0) is 12.4. The van der Waals surface area contributed by atoms with Gasteiger partial charge in [0, 0.05) is 49.3 Å². The number of nitrogens with one attached hydrogen (secondary N) is 2. The van der Waals surface area contributed by atoms with Crippen molar-refractivity contribution in [3.05, 3.63) is 36.0 Å². The average Bonchev–Trinajstić information content (AvgIpc) is 2.85. The van der Waals surface area contributed by atoms with Crippen LogP contribution in [0.15, 0.2) is 30.5 Å². The minimum Gasteiger partial charge on any atom is -0.361 e. The number of hydrogen-bond donors (Lipinski definition) is 2. The van der Waals surface area contributed by atoms with Crippen LogP contribution in [0.1, 0.15) is 24.9 Å². The van der Waals surface area contributed by atoms with Crippen LogP contribution in [-0.4, -0.2) is 36.1 Å². The van der Waals surface area contributed by atoms with Gasteiger partial charge in [-0.3, -0.25) is 4.90 Å². The number of para-hydroxylation sites is 1. The van der Waals surface area contributed by atoms with Crippen molar-refractivity contribution >= 4 is 35.7 Å². The van der Waals surface area contributed by atoms with E-state index in [9.17, 15) is 0 Å². The lowest BCUT2D eigenvalue weighted by Gasteiger charge is -2.34. The van der Waals surface area contributed by atoms with Crippen molar-refractivity contribution in [3.8, 4) is 0 Å². The second kappa shape index (κ2) is 7.89. The van der Waals surface area contributed by atoms with E-state index in [1.54, 1.807) is 0 Å². The van der Waals surface area contributed by atoms with E-state index >= 15 is 0 Å². The van der Waals surface area contributed by atoms with E-state index in [4.69, 9.17) is 0 Å². The van der Waals surface area contributed by atoms with Crippen LogP contribution < -0.4 is 5.32 Å². The molecular formula is C15H23Cl2N3. The second-order valence-electron chi connectivity index (χ2n) is 5.00. The molecule has 1 saturated heterocycles. The zero-order valence-electron chi connectivity index (χ0n) is 11.8. The number of halogens is 2. The molecule has 1 aromatic carbocycles. The van der Waals surface area contributed by atoms with Crippen molar-refractivity contribution in [1.29, 1.82) is 0 Å². The lowest BCUT2D eigenvalue weighted by Crippen LogP contribution is -2.45. The zero-order valence-corrected chi connectivity index (χ0v) is 13.4. The molecule has 20 heavy (non-hydrogen) atoms. The first kappa shape index (κ1) is 17.3. The fraction of sp³-hybridized carbons (Fsp3) is 0.467. The second-order valence-corrected chi connectivity index (χ2v) is 5.00. The molecule has 0 amide bonds. The highest BCUT2D eigenvalue weighted by molar-refractivity contribution is 5.85. The monoisotopic (exact) mass is 315 g/mol. The molecule has 5 heteroatoms. The third-order valence-corrected chi connectivity index (χ3v) is 3.96. The molecule has 112 valence electrons. The molecule has 3 rings (SSSR count). The Balaban J connectivity index is 0.000001000. The molecular weight excluding hydrogens is 293 g/mol. The van der Waals surface area contributed by atoms with Gasteiger partial charge in [0.15, 0.2) is 0 Å². The van der Waals surface area contributed by atoms with Gasteiger partial charge in [0.2, 0.25) is 0 Å². The summed E-state index contributed by atoms with van der Waals surface area (Å²) < 4.78 is 0.